The molecule has 0 bridgehead atoms. The maximum Gasteiger partial charge on any atom is 0.338 e. The van der Waals surface area contributed by atoms with Gasteiger partial charge < -0.3 is 19.5 Å². The maximum atomic E-state index is 13.8. The number of carbonyl (C=O) groups is 2. The standard InChI is InChI=1S/C24H18N2O5/c1-29-18-8-7-14-19(22(18)30-2)23(27)26-17-10-13-6-4-3-5-12(13)9-15(17)25-16-11-31-24(28)20(16)21(14)26/h3-10,21,25H,11H2,1-2H3. The first-order valence-electron chi connectivity index (χ1n) is 9.90. The maximum absolute atomic E-state index is 13.8. The fourth-order valence-corrected chi connectivity index (χ4v) is 4.79. The van der Waals surface area contributed by atoms with Crippen LogP contribution >= 0.6 is 0 Å². The van der Waals surface area contributed by atoms with Gasteiger partial charge in [0.2, 0.25) is 0 Å². The molecule has 1 unspecified atom stereocenters. The SMILES string of the molecule is COc1ccc2c(c1OC)C(=O)N1c3cc4ccccc4cc3NC3=C(C(=O)OC3)C21. The van der Waals surface area contributed by atoms with Crippen LogP contribution in [-0.2, 0) is 9.53 Å². The van der Waals surface area contributed by atoms with Gasteiger partial charge in [-0.2, -0.15) is 0 Å². The second kappa shape index (κ2) is 6.25. The van der Waals surface area contributed by atoms with E-state index in [4.69, 9.17) is 14.2 Å². The zero-order valence-electron chi connectivity index (χ0n) is 16.9. The summed E-state index contributed by atoms with van der Waals surface area (Å²) in [7, 11) is 3.04. The lowest BCUT2D eigenvalue weighted by Gasteiger charge is -2.25. The Bertz CT molecular complexity index is 1340. The van der Waals surface area contributed by atoms with Crippen LogP contribution in [0.4, 0.5) is 11.4 Å². The lowest BCUT2D eigenvalue weighted by Crippen LogP contribution is -2.30. The molecule has 0 fully saturated rings. The number of nitrogens with one attached hydrogen (secondary N) is 1. The Morgan fingerprint density at radius 1 is 1.03 bits per heavy atom. The molecule has 3 aromatic carbocycles. The average Bonchev–Trinajstić information content (AvgIpc) is 3.23. The number of esters is 1. The van der Waals surface area contributed by atoms with Gasteiger partial charge in [0.15, 0.2) is 11.5 Å². The van der Waals surface area contributed by atoms with Gasteiger partial charge in [-0.25, -0.2) is 4.79 Å². The van der Waals surface area contributed by atoms with Gasteiger partial charge in [-0.1, -0.05) is 30.3 Å². The monoisotopic (exact) mass is 414 g/mol. The highest BCUT2D eigenvalue weighted by Gasteiger charge is 2.49. The highest BCUT2D eigenvalue weighted by atomic mass is 16.5. The van der Waals surface area contributed by atoms with Crippen molar-refractivity contribution >= 4 is 34.0 Å². The van der Waals surface area contributed by atoms with Crippen molar-refractivity contribution in [2.45, 2.75) is 6.04 Å². The van der Waals surface area contributed by atoms with Gasteiger partial charge in [0, 0.05) is 0 Å². The van der Waals surface area contributed by atoms with E-state index in [-0.39, 0.29) is 12.5 Å². The number of amides is 1. The van der Waals surface area contributed by atoms with Crippen LogP contribution in [0.1, 0.15) is 22.0 Å². The van der Waals surface area contributed by atoms with Crippen LogP contribution in [0.2, 0.25) is 0 Å². The van der Waals surface area contributed by atoms with Gasteiger partial charge >= 0.3 is 5.97 Å². The van der Waals surface area contributed by atoms with E-state index in [9.17, 15) is 9.59 Å². The molecule has 1 atom stereocenters. The molecule has 1 amide bonds. The molecule has 6 rings (SSSR count). The summed E-state index contributed by atoms with van der Waals surface area (Å²) in [5, 5.41) is 5.39. The molecule has 3 heterocycles. The van der Waals surface area contributed by atoms with Gasteiger partial charge in [-0.15, -0.1) is 0 Å². The number of hydrogen-bond acceptors (Lipinski definition) is 6. The highest BCUT2D eigenvalue weighted by molar-refractivity contribution is 6.18. The summed E-state index contributed by atoms with van der Waals surface area (Å²) in [5.74, 6) is 0.155. The Morgan fingerprint density at radius 3 is 2.55 bits per heavy atom. The summed E-state index contributed by atoms with van der Waals surface area (Å²) in [6.07, 6.45) is 0. The van der Waals surface area contributed by atoms with Crippen LogP contribution < -0.4 is 19.7 Å². The lowest BCUT2D eigenvalue weighted by molar-refractivity contribution is -0.136. The second-order valence-electron chi connectivity index (χ2n) is 7.65. The minimum Gasteiger partial charge on any atom is -0.493 e. The summed E-state index contributed by atoms with van der Waals surface area (Å²) in [5.41, 5.74) is 3.66. The first kappa shape index (κ1) is 17.8. The molecule has 0 saturated heterocycles. The molecular weight excluding hydrogens is 396 g/mol. The normalized spacial score (nSPS) is 18.6. The number of hydrogen-bond donors (Lipinski definition) is 1. The van der Waals surface area contributed by atoms with Crippen LogP contribution in [0.3, 0.4) is 0 Å². The Morgan fingerprint density at radius 2 is 1.81 bits per heavy atom. The van der Waals surface area contributed by atoms with E-state index in [2.05, 4.69) is 5.32 Å². The smallest absolute Gasteiger partial charge is 0.338 e. The summed E-state index contributed by atoms with van der Waals surface area (Å²) in [6.45, 7) is 0.140. The van der Waals surface area contributed by atoms with Crippen LogP contribution in [0, 0.1) is 0 Å². The van der Waals surface area contributed by atoms with Gasteiger partial charge in [-0.3, -0.25) is 9.69 Å². The zero-order valence-corrected chi connectivity index (χ0v) is 16.9. The van der Waals surface area contributed by atoms with Crippen molar-refractivity contribution in [2.24, 2.45) is 0 Å². The molecule has 1 N–H and O–H groups in total. The predicted octanol–water partition coefficient (Wildman–Crippen LogP) is 3.79. The zero-order chi connectivity index (χ0) is 21.3. The number of rotatable bonds is 2. The first-order chi connectivity index (χ1) is 15.1. The van der Waals surface area contributed by atoms with Crippen molar-refractivity contribution in [3.8, 4) is 11.5 Å². The summed E-state index contributed by atoms with van der Waals surface area (Å²) < 4.78 is 16.3. The third-order valence-electron chi connectivity index (χ3n) is 6.14. The topological polar surface area (TPSA) is 77.1 Å². The number of nitrogens with zero attached hydrogens (tertiary/aromatic N) is 1. The Kier molecular flexibility index (Phi) is 3.59. The third kappa shape index (κ3) is 2.28. The molecule has 0 aromatic heterocycles. The molecule has 154 valence electrons. The third-order valence-corrected chi connectivity index (χ3v) is 6.14. The van der Waals surface area contributed by atoms with Crippen molar-refractivity contribution in [1.82, 2.24) is 0 Å². The highest BCUT2D eigenvalue weighted by Crippen LogP contribution is 2.52. The largest absolute Gasteiger partial charge is 0.493 e. The molecule has 0 aliphatic carbocycles. The lowest BCUT2D eigenvalue weighted by atomic mass is 9.96. The number of anilines is 2. The summed E-state index contributed by atoms with van der Waals surface area (Å²) in [4.78, 5) is 28.2. The molecular formula is C24H18N2O5. The molecule has 3 aromatic rings. The van der Waals surface area contributed by atoms with Crippen molar-refractivity contribution in [3.63, 3.8) is 0 Å². The average molecular weight is 414 g/mol. The molecule has 0 spiro atoms. The van der Waals surface area contributed by atoms with E-state index < -0.39 is 12.0 Å². The van der Waals surface area contributed by atoms with E-state index in [1.165, 1.54) is 14.2 Å². The molecule has 0 saturated carbocycles. The van der Waals surface area contributed by atoms with Crippen LogP contribution in [0.15, 0.2) is 59.8 Å². The van der Waals surface area contributed by atoms with Crippen LogP contribution in [-0.4, -0.2) is 32.7 Å². The molecule has 7 nitrogen and oxygen atoms in total. The van der Waals surface area contributed by atoms with Crippen molar-refractivity contribution in [2.75, 3.05) is 31.0 Å². The second-order valence-corrected chi connectivity index (χ2v) is 7.65. The predicted molar refractivity (Wildman–Crippen MR) is 115 cm³/mol. The molecule has 3 aliphatic heterocycles. The quantitative estimate of drug-likeness (QED) is 0.643. The van der Waals surface area contributed by atoms with E-state index in [1.54, 1.807) is 11.0 Å². The van der Waals surface area contributed by atoms with Crippen LogP contribution in [0.25, 0.3) is 10.8 Å². The van der Waals surface area contributed by atoms with Crippen molar-refractivity contribution in [1.29, 1.82) is 0 Å². The summed E-state index contributed by atoms with van der Waals surface area (Å²) in [6, 6.07) is 14.9. The van der Waals surface area contributed by atoms with E-state index in [0.29, 0.717) is 39.6 Å². The van der Waals surface area contributed by atoms with Crippen molar-refractivity contribution < 1.29 is 23.8 Å². The van der Waals surface area contributed by atoms with Gasteiger partial charge in [0.1, 0.15) is 6.61 Å². The van der Waals surface area contributed by atoms with Gasteiger partial charge in [0.05, 0.1) is 48.5 Å². The fraction of sp³-hybridized carbons (Fsp3) is 0.167. The molecule has 31 heavy (non-hydrogen) atoms. The fourth-order valence-electron chi connectivity index (χ4n) is 4.79. The Balaban J connectivity index is 1.68. The number of cyclic esters (lactones) is 1. The van der Waals surface area contributed by atoms with E-state index >= 15 is 0 Å². The number of carbonyl (C=O) groups excluding carboxylic acids is 2. The number of methoxy groups -OCH3 is 2. The Labute approximate surface area is 177 Å². The van der Waals surface area contributed by atoms with Gasteiger partial charge in [0.25, 0.3) is 5.91 Å². The Hall–Kier alpha value is -4.00. The molecule has 3 aliphatic rings. The van der Waals surface area contributed by atoms with Gasteiger partial charge in [-0.05, 0) is 34.5 Å². The van der Waals surface area contributed by atoms with E-state index in [1.807, 2.05) is 42.5 Å². The first-order valence-corrected chi connectivity index (χ1v) is 9.90. The summed E-state index contributed by atoms with van der Waals surface area (Å²) >= 11 is 0. The number of fused-ring (bicyclic) bond motifs is 7. The molecule has 0 radical (unpaired) electrons. The number of benzene rings is 3. The van der Waals surface area contributed by atoms with Crippen LogP contribution in [0.5, 0.6) is 11.5 Å². The molecule has 7 heteroatoms. The minimum absolute atomic E-state index is 0.140. The number of ether oxygens (including phenoxy) is 3. The van der Waals surface area contributed by atoms with E-state index in [0.717, 1.165) is 16.5 Å². The van der Waals surface area contributed by atoms with Crippen molar-refractivity contribution in [3.05, 3.63) is 70.9 Å². The minimum atomic E-state index is -0.609.